The monoisotopic (exact) mass is 325 g/mol. The second-order valence-electron chi connectivity index (χ2n) is 5.24. The average Bonchev–Trinajstić information content (AvgIpc) is 2.43. The number of anilines is 1. The third-order valence-corrected chi connectivity index (χ3v) is 3.50. The van der Waals surface area contributed by atoms with Gasteiger partial charge in [0.15, 0.2) is 0 Å². The summed E-state index contributed by atoms with van der Waals surface area (Å²) in [5, 5.41) is 8.08. The molecule has 112 valence electrons. The van der Waals surface area contributed by atoms with Crippen LogP contribution in [-0.2, 0) is 13.1 Å². The van der Waals surface area contributed by atoms with Crippen LogP contribution in [0.4, 0.5) is 5.69 Å². The molecule has 0 fully saturated rings. The van der Waals surface area contributed by atoms with Crippen molar-refractivity contribution in [1.82, 2.24) is 9.78 Å². The first-order chi connectivity index (χ1) is 9.97. The molecule has 1 N–H and O–H groups in total. The van der Waals surface area contributed by atoms with Crippen LogP contribution in [-0.4, -0.2) is 9.78 Å². The van der Waals surface area contributed by atoms with Crippen molar-refractivity contribution in [2.24, 2.45) is 5.92 Å². The summed E-state index contributed by atoms with van der Waals surface area (Å²) in [5.74, 6) is 0.330. The first kappa shape index (κ1) is 15.9. The Morgan fingerprint density at radius 2 is 2.10 bits per heavy atom. The number of aromatic nitrogens is 2. The lowest BCUT2D eigenvalue weighted by molar-refractivity contribution is 0.464. The van der Waals surface area contributed by atoms with Gasteiger partial charge in [0.2, 0.25) is 0 Å². The van der Waals surface area contributed by atoms with E-state index in [1.165, 1.54) is 4.68 Å². The van der Waals surface area contributed by atoms with E-state index in [4.69, 9.17) is 23.2 Å². The highest BCUT2D eigenvalue weighted by atomic mass is 35.5. The van der Waals surface area contributed by atoms with Gasteiger partial charge < -0.3 is 5.32 Å². The van der Waals surface area contributed by atoms with E-state index in [0.29, 0.717) is 29.7 Å². The van der Waals surface area contributed by atoms with Crippen LogP contribution in [0.1, 0.15) is 19.4 Å². The van der Waals surface area contributed by atoms with Crippen LogP contribution in [0.15, 0.2) is 35.3 Å². The van der Waals surface area contributed by atoms with Gasteiger partial charge in [-0.05, 0) is 23.6 Å². The number of hydrogen-bond donors (Lipinski definition) is 1. The zero-order valence-electron chi connectivity index (χ0n) is 11.9. The Morgan fingerprint density at radius 1 is 1.33 bits per heavy atom. The maximum atomic E-state index is 12.1. The second-order valence-corrected chi connectivity index (χ2v) is 6.05. The van der Waals surface area contributed by atoms with Gasteiger partial charge in [-0.25, -0.2) is 4.68 Å². The Balaban J connectivity index is 2.14. The van der Waals surface area contributed by atoms with Gasteiger partial charge in [-0.2, -0.15) is 5.10 Å². The summed E-state index contributed by atoms with van der Waals surface area (Å²) in [6.07, 6.45) is 1.58. The predicted molar refractivity (Wildman–Crippen MR) is 87.1 cm³/mol. The molecule has 2 rings (SSSR count). The molecule has 0 spiro atoms. The highest BCUT2D eigenvalue weighted by Crippen LogP contribution is 2.18. The summed E-state index contributed by atoms with van der Waals surface area (Å²) in [6, 6.07) is 7.49. The fourth-order valence-electron chi connectivity index (χ4n) is 1.91. The molecule has 0 atom stereocenters. The molecule has 6 heteroatoms. The van der Waals surface area contributed by atoms with Crippen LogP contribution >= 0.6 is 23.2 Å². The van der Waals surface area contributed by atoms with Crippen molar-refractivity contribution in [2.45, 2.75) is 26.9 Å². The Kier molecular flexibility index (Phi) is 5.26. The third kappa shape index (κ3) is 4.22. The van der Waals surface area contributed by atoms with Crippen LogP contribution in [0.2, 0.25) is 10.0 Å². The molecule has 0 aliphatic carbocycles. The number of hydrogen-bond acceptors (Lipinski definition) is 3. The SMILES string of the molecule is CC(C)Cn1ncc(NCc2cccc(Cl)c2)c(Cl)c1=O. The van der Waals surface area contributed by atoms with Crippen molar-refractivity contribution in [2.75, 3.05) is 5.32 Å². The molecular formula is C15H17Cl2N3O. The molecule has 4 nitrogen and oxygen atoms in total. The zero-order valence-corrected chi connectivity index (χ0v) is 13.4. The Bertz CT molecular complexity index is 683. The van der Waals surface area contributed by atoms with Gasteiger partial charge in [0.05, 0.1) is 11.9 Å². The standard InChI is InChI=1S/C15H17Cl2N3O/c1-10(2)9-20-15(21)14(17)13(8-19-20)18-7-11-4-3-5-12(16)6-11/h3-6,8,10,18H,7,9H2,1-2H3. The Hall–Kier alpha value is -1.52. The predicted octanol–water partition coefficient (Wildman–Crippen LogP) is 3.82. The van der Waals surface area contributed by atoms with Crippen molar-refractivity contribution < 1.29 is 0 Å². The van der Waals surface area contributed by atoms with Crippen molar-refractivity contribution >= 4 is 28.9 Å². The summed E-state index contributed by atoms with van der Waals surface area (Å²) >= 11 is 12.1. The van der Waals surface area contributed by atoms with Gasteiger partial charge in [0, 0.05) is 18.1 Å². The fourth-order valence-corrected chi connectivity index (χ4v) is 2.33. The van der Waals surface area contributed by atoms with E-state index >= 15 is 0 Å². The minimum absolute atomic E-state index is 0.160. The number of rotatable bonds is 5. The van der Waals surface area contributed by atoms with E-state index in [1.807, 2.05) is 38.1 Å². The van der Waals surface area contributed by atoms with Crippen molar-refractivity contribution in [3.63, 3.8) is 0 Å². The molecule has 1 heterocycles. The van der Waals surface area contributed by atoms with Crippen molar-refractivity contribution in [3.05, 3.63) is 56.4 Å². The normalized spacial score (nSPS) is 10.9. The lowest BCUT2D eigenvalue weighted by atomic mass is 10.2. The first-order valence-corrected chi connectivity index (χ1v) is 7.47. The fraction of sp³-hybridized carbons (Fsp3) is 0.333. The van der Waals surface area contributed by atoms with Gasteiger partial charge in [-0.15, -0.1) is 0 Å². The largest absolute Gasteiger partial charge is 0.378 e. The van der Waals surface area contributed by atoms with E-state index in [2.05, 4.69) is 10.4 Å². The van der Waals surface area contributed by atoms with E-state index in [-0.39, 0.29) is 10.6 Å². The molecular weight excluding hydrogens is 309 g/mol. The van der Waals surface area contributed by atoms with Crippen LogP contribution in [0, 0.1) is 5.92 Å². The highest BCUT2D eigenvalue weighted by Gasteiger charge is 2.10. The van der Waals surface area contributed by atoms with Crippen LogP contribution < -0.4 is 10.9 Å². The maximum absolute atomic E-state index is 12.1. The third-order valence-electron chi connectivity index (χ3n) is 2.89. The van der Waals surface area contributed by atoms with Gasteiger partial charge in [-0.1, -0.05) is 49.2 Å². The number of nitrogens with one attached hydrogen (secondary N) is 1. The van der Waals surface area contributed by atoms with Gasteiger partial charge in [-0.3, -0.25) is 4.79 Å². The van der Waals surface area contributed by atoms with Crippen LogP contribution in [0.25, 0.3) is 0 Å². The minimum atomic E-state index is -0.276. The molecule has 0 unspecified atom stereocenters. The second kappa shape index (κ2) is 6.96. The molecule has 0 aliphatic heterocycles. The molecule has 1 aromatic carbocycles. The molecule has 21 heavy (non-hydrogen) atoms. The summed E-state index contributed by atoms with van der Waals surface area (Å²) in [4.78, 5) is 12.1. The van der Waals surface area contributed by atoms with Crippen LogP contribution in [0.5, 0.6) is 0 Å². The summed E-state index contributed by atoms with van der Waals surface area (Å²) in [6.45, 7) is 5.11. The van der Waals surface area contributed by atoms with E-state index in [0.717, 1.165) is 5.56 Å². The van der Waals surface area contributed by atoms with Gasteiger partial charge >= 0.3 is 0 Å². The summed E-state index contributed by atoms with van der Waals surface area (Å²) in [5.41, 5.74) is 1.26. The molecule has 0 saturated carbocycles. The van der Waals surface area contributed by atoms with E-state index < -0.39 is 0 Å². The highest BCUT2D eigenvalue weighted by molar-refractivity contribution is 6.33. The van der Waals surface area contributed by atoms with Crippen molar-refractivity contribution in [1.29, 1.82) is 0 Å². The number of nitrogens with zero attached hydrogens (tertiary/aromatic N) is 2. The number of benzene rings is 1. The molecule has 0 bridgehead atoms. The van der Waals surface area contributed by atoms with E-state index in [9.17, 15) is 4.79 Å². The summed E-state index contributed by atoms with van der Waals surface area (Å²) in [7, 11) is 0. The topological polar surface area (TPSA) is 46.9 Å². The molecule has 0 radical (unpaired) electrons. The van der Waals surface area contributed by atoms with Crippen molar-refractivity contribution in [3.8, 4) is 0 Å². The maximum Gasteiger partial charge on any atom is 0.287 e. The first-order valence-electron chi connectivity index (χ1n) is 6.71. The smallest absolute Gasteiger partial charge is 0.287 e. The Morgan fingerprint density at radius 3 is 2.76 bits per heavy atom. The molecule has 0 saturated heterocycles. The number of halogens is 2. The molecule has 2 aromatic rings. The molecule has 0 aliphatic rings. The molecule has 1 aromatic heterocycles. The quantitative estimate of drug-likeness (QED) is 0.909. The lowest BCUT2D eigenvalue weighted by Gasteiger charge is -2.11. The van der Waals surface area contributed by atoms with Gasteiger partial charge in [0.1, 0.15) is 5.02 Å². The van der Waals surface area contributed by atoms with Crippen LogP contribution in [0.3, 0.4) is 0 Å². The molecule has 0 amide bonds. The Labute approximate surface area is 133 Å². The zero-order chi connectivity index (χ0) is 15.4. The average molecular weight is 326 g/mol. The summed E-state index contributed by atoms with van der Waals surface area (Å²) < 4.78 is 1.39. The van der Waals surface area contributed by atoms with E-state index in [1.54, 1.807) is 6.20 Å². The van der Waals surface area contributed by atoms with Gasteiger partial charge in [0.25, 0.3) is 5.56 Å². The lowest BCUT2D eigenvalue weighted by Crippen LogP contribution is -2.26. The minimum Gasteiger partial charge on any atom is -0.378 e.